The molecule has 0 spiro atoms. The lowest BCUT2D eigenvalue weighted by Gasteiger charge is -2.43. The third kappa shape index (κ3) is 2.13. The van der Waals surface area contributed by atoms with Crippen molar-refractivity contribution in [2.75, 3.05) is 5.75 Å². The molecule has 1 aliphatic heterocycles. The Hall–Kier alpha value is -1.53. The van der Waals surface area contributed by atoms with Crippen LogP contribution >= 0.6 is 11.6 Å². The van der Waals surface area contributed by atoms with Gasteiger partial charge < -0.3 is 10.3 Å². The molecule has 22 heavy (non-hydrogen) atoms. The maximum absolute atomic E-state index is 12.5. The highest BCUT2D eigenvalue weighted by Gasteiger charge is 2.54. The van der Waals surface area contributed by atoms with Gasteiger partial charge in [0.15, 0.2) is 9.84 Å². The standard InChI is InChI=1S/C15H17ClN2O3S/c1-8-10-5-4-9(16)6-11(10)17-13(8)14(19)18-12-7-22(20,21)15(12,2)3/h4-6,12,17H,7H2,1-3H3,(H,18,19). The molecular weight excluding hydrogens is 324 g/mol. The Morgan fingerprint density at radius 3 is 2.68 bits per heavy atom. The average molecular weight is 341 g/mol. The second-order valence-electron chi connectivity index (χ2n) is 6.23. The maximum Gasteiger partial charge on any atom is 0.268 e. The number of aryl methyl sites for hydroxylation is 1. The SMILES string of the molecule is Cc1c(C(=O)NC2CS(=O)(=O)C2(C)C)[nH]c2cc(Cl)ccc12. The second kappa shape index (κ2) is 4.73. The number of hydrogen-bond donors (Lipinski definition) is 2. The fraction of sp³-hybridized carbons (Fsp3) is 0.400. The van der Waals surface area contributed by atoms with Crippen LogP contribution in [0.5, 0.6) is 0 Å². The fourth-order valence-corrected chi connectivity index (χ4v) is 4.55. The van der Waals surface area contributed by atoms with Gasteiger partial charge in [-0.2, -0.15) is 0 Å². The summed E-state index contributed by atoms with van der Waals surface area (Å²) in [7, 11) is -3.12. The van der Waals surface area contributed by atoms with Crippen molar-refractivity contribution in [3.8, 4) is 0 Å². The van der Waals surface area contributed by atoms with Crippen molar-refractivity contribution in [3.05, 3.63) is 34.5 Å². The molecule has 1 saturated heterocycles. The summed E-state index contributed by atoms with van der Waals surface area (Å²) in [4.78, 5) is 15.5. The second-order valence-corrected chi connectivity index (χ2v) is 9.28. The van der Waals surface area contributed by atoms with Crippen molar-refractivity contribution in [2.45, 2.75) is 31.6 Å². The van der Waals surface area contributed by atoms with Crippen LogP contribution in [0.1, 0.15) is 29.9 Å². The predicted octanol–water partition coefficient (Wildman–Crippen LogP) is 2.44. The van der Waals surface area contributed by atoms with Gasteiger partial charge >= 0.3 is 0 Å². The molecule has 3 rings (SSSR count). The van der Waals surface area contributed by atoms with Gasteiger partial charge in [-0.3, -0.25) is 4.79 Å². The molecule has 0 bridgehead atoms. The molecule has 1 aromatic carbocycles. The Kier molecular flexibility index (Phi) is 3.30. The molecule has 0 aliphatic carbocycles. The number of fused-ring (bicyclic) bond motifs is 1. The van der Waals surface area contributed by atoms with E-state index in [0.29, 0.717) is 10.7 Å². The zero-order chi connectivity index (χ0) is 16.3. The summed E-state index contributed by atoms with van der Waals surface area (Å²) in [5.41, 5.74) is 2.05. The molecule has 118 valence electrons. The lowest BCUT2D eigenvalue weighted by Crippen LogP contribution is -2.66. The van der Waals surface area contributed by atoms with Crippen LogP contribution in [-0.2, 0) is 9.84 Å². The average Bonchev–Trinajstić information content (AvgIpc) is 2.74. The first-order chi connectivity index (χ1) is 10.1. The van der Waals surface area contributed by atoms with Crippen molar-refractivity contribution in [1.82, 2.24) is 10.3 Å². The highest BCUT2D eigenvalue weighted by molar-refractivity contribution is 7.94. The summed E-state index contributed by atoms with van der Waals surface area (Å²) >= 11 is 5.96. The maximum atomic E-state index is 12.5. The van der Waals surface area contributed by atoms with Crippen LogP contribution in [0.2, 0.25) is 5.02 Å². The van der Waals surface area contributed by atoms with E-state index in [1.54, 1.807) is 26.0 Å². The number of carbonyl (C=O) groups excluding carboxylic acids is 1. The number of halogens is 1. The molecule has 5 nitrogen and oxygen atoms in total. The highest BCUT2D eigenvalue weighted by atomic mass is 35.5. The first kappa shape index (κ1) is 15.4. The van der Waals surface area contributed by atoms with Crippen molar-refractivity contribution in [3.63, 3.8) is 0 Å². The monoisotopic (exact) mass is 340 g/mol. The van der Waals surface area contributed by atoms with Gasteiger partial charge in [0.2, 0.25) is 0 Å². The molecular formula is C15H17ClN2O3S. The topological polar surface area (TPSA) is 79.0 Å². The van der Waals surface area contributed by atoms with Gasteiger partial charge in [0, 0.05) is 15.9 Å². The Labute approximate surface area is 134 Å². The van der Waals surface area contributed by atoms with E-state index in [1.807, 2.05) is 13.0 Å². The summed E-state index contributed by atoms with van der Waals surface area (Å²) < 4.78 is 22.6. The third-order valence-corrected chi connectivity index (χ3v) is 7.47. The largest absolute Gasteiger partial charge is 0.350 e. The first-order valence-corrected chi connectivity index (χ1v) is 8.97. The number of sulfone groups is 1. The molecule has 1 aliphatic rings. The molecule has 2 heterocycles. The van der Waals surface area contributed by atoms with E-state index < -0.39 is 14.6 Å². The van der Waals surface area contributed by atoms with Crippen LogP contribution in [-0.4, -0.2) is 35.9 Å². The summed E-state index contributed by atoms with van der Waals surface area (Å²) in [6, 6.07) is 5.02. The Morgan fingerprint density at radius 1 is 1.41 bits per heavy atom. The van der Waals surface area contributed by atoms with E-state index in [-0.39, 0.29) is 17.7 Å². The van der Waals surface area contributed by atoms with Gasteiger partial charge in [-0.15, -0.1) is 0 Å². The highest BCUT2D eigenvalue weighted by Crippen LogP contribution is 2.34. The number of rotatable bonds is 2. The molecule has 1 fully saturated rings. The number of nitrogens with one attached hydrogen (secondary N) is 2. The smallest absolute Gasteiger partial charge is 0.268 e. The summed E-state index contributed by atoms with van der Waals surface area (Å²) in [6.45, 7) is 5.12. The zero-order valence-corrected chi connectivity index (χ0v) is 14.1. The number of H-pyrrole nitrogens is 1. The molecule has 7 heteroatoms. The first-order valence-electron chi connectivity index (χ1n) is 6.94. The zero-order valence-electron chi connectivity index (χ0n) is 12.5. The molecule has 1 atom stereocenters. The van der Waals surface area contributed by atoms with Gasteiger partial charge in [-0.05, 0) is 38.5 Å². The van der Waals surface area contributed by atoms with E-state index in [9.17, 15) is 13.2 Å². The van der Waals surface area contributed by atoms with Gasteiger partial charge in [-0.25, -0.2) is 8.42 Å². The molecule has 1 unspecified atom stereocenters. The van der Waals surface area contributed by atoms with Crippen LogP contribution in [0.15, 0.2) is 18.2 Å². The van der Waals surface area contributed by atoms with E-state index in [2.05, 4.69) is 10.3 Å². The van der Waals surface area contributed by atoms with E-state index in [4.69, 9.17) is 11.6 Å². The Bertz CT molecular complexity index is 884. The molecule has 0 saturated carbocycles. The number of aromatic amines is 1. The Balaban J connectivity index is 1.89. The number of amides is 1. The lowest BCUT2D eigenvalue weighted by molar-refractivity contribution is 0.0924. The number of carbonyl (C=O) groups is 1. The Morgan fingerprint density at radius 2 is 2.09 bits per heavy atom. The fourth-order valence-electron chi connectivity index (χ4n) is 2.74. The van der Waals surface area contributed by atoms with Gasteiger partial charge in [0.25, 0.3) is 5.91 Å². The molecule has 1 amide bonds. The molecule has 2 N–H and O–H groups in total. The van der Waals surface area contributed by atoms with Gasteiger partial charge in [0.1, 0.15) is 5.69 Å². The summed E-state index contributed by atoms with van der Waals surface area (Å²) in [5.74, 6) is -0.311. The summed E-state index contributed by atoms with van der Waals surface area (Å²) in [5, 5.41) is 4.33. The predicted molar refractivity (Wildman–Crippen MR) is 87.2 cm³/mol. The normalized spacial score (nSPS) is 22.3. The number of hydrogen-bond acceptors (Lipinski definition) is 3. The molecule has 0 radical (unpaired) electrons. The van der Waals surface area contributed by atoms with E-state index in [0.717, 1.165) is 16.5 Å². The van der Waals surface area contributed by atoms with Crippen LogP contribution in [0, 0.1) is 6.92 Å². The van der Waals surface area contributed by atoms with E-state index in [1.165, 1.54) is 0 Å². The van der Waals surface area contributed by atoms with Crippen LogP contribution in [0.3, 0.4) is 0 Å². The minimum absolute atomic E-state index is 0.0170. The van der Waals surface area contributed by atoms with Gasteiger partial charge in [0.05, 0.1) is 16.5 Å². The van der Waals surface area contributed by atoms with Crippen LogP contribution < -0.4 is 5.32 Å². The van der Waals surface area contributed by atoms with Crippen molar-refractivity contribution >= 4 is 38.2 Å². The summed E-state index contributed by atoms with van der Waals surface area (Å²) in [6.07, 6.45) is 0. The minimum Gasteiger partial charge on any atom is -0.350 e. The molecule has 2 aromatic rings. The van der Waals surface area contributed by atoms with Crippen LogP contribution in [0.25, 0.3) is 10.9 Å². The lowest BCUT2D eigenvalue weighted by atomic mass is 10.0. The van der Waals surface area contributed by atoms with Gasteiger partial charge in [-0.1, -0.05) is 17.7 Å². The van der Waals surface area contributed by atoms with Crippen LogP contribution in [0.4, 0.5) is 0 Å². The molecule has 1 aromatic heterocycles. The third-order valence-electron chi connectivity index (χ3n) is 4.58. The van der Waals surface area contributed by atoms with Crippen molar-refractivity contribution in [2.24, 2.45) is 0 Å². The number of benzene rings is 1. The quantitative estimate of drug-likeness (QED) is 0.881. The van der Waals surface area contributed by atoms with Crippen molar-refractivity contribution < 1.29 is 13.2 Å². The minimum atomic E-state index is -3.12. The van der Waals surface area contributed by atoms with Crippen molar-refractivity contribution in [1.29, 1.82) is 0 Å². The number of aromatic nitrogens is 1. The van der Waals surface area contributed by atoms with E-state index >= 15 is 0 Å².